The Hall–Kier alpha value is -0.750. The van der Waals surface area contributed by atoms with Crippen LogP contribution in [0.2, 0.25) is 0 Å². The molecule has 0 saturated heterocycles. The molecule has 0 fully saturated rings. The molecule has 1 aliphatic carbocycles. The van der Waals surface area contributed by atoms with Crippen LogP contribution in [0.3, 0.4) is 0 Å². The SMILES string of the molecule is C=C1CCCC(/C=C/CC)=C1/C=C(\C)Cl. The monoisotopic (exact) mass is 222 g/mol. The maximum absolute atomic E-state index is 5.94. The summed E-state index contributed by atoms with van der Waals surface area (Å²) >= 11 is 5.94. The summed E-state index contributed by atoms with van der Waals surface area (Å²) in [6, 6.07) is 0. The van der Waals surface area contributed by atoms with Crippen LogP contribution in [0, 0.1) is 0 Å². The first kappa shape index (κ1) is 12.3. The molecule has 0 spiro atoms. The third-order valence-electron chi connectivity index (χ3n) is 2.55. The summed E-state index contributed by atoms with van der Waals surface area (Å²) in [5.74, 6) is 0. The van der Waals surface area contributed by atoms with Gasteiger partial charge in [0.15, 0.2) is 0 Å². The molecule has 0 heterocycles. The number of hydrogen-bond donors (Lipinski definition) is 0. The Balaban J connectivity index is 3.04. The predicted octanol–water partition coefficient (Wildman–Crippen LogP) is 5.13. The molecule has 0 saturated carbocycles. The van der Waals surface area contributed by atoms with Gasteiger partial charge in [-0.2, -0.15) is 0 Å². The highest BCUT2D eigenvalue weighted by Crippen LogP contribution is 2.31. The fourth-order valence-corrected chi connectivity index (χ4v) is 1.92. The summed E-state index contributed by atoms with van der Waals surface area (Å²) in [6.07, 6.45) is 11.0. The molecule has 0 aromatic carbocycles. The lowest BCUT2D eigenvalue weighted by Crippen LogP contribution is -1.99. The summed E-state index contributed by atoms with van der Waals surface area (Å²) in [4.78, 5) is 0. The third kappa shape index (κ3) is 3.71. The van der Waals surface area contributed by atoms with Gasteiger partial charge in [0.05, 0.1) is 0 Å². The van der Waals surface area contributed by atoms with E-state index in [0.717, 1.165) is 24.3 Å². The van der Waals surface area contributed by atoms with E-state index in [1.807, 2.05) is 13.0 Å². The fraction of sp³-hybridized carbons (Fsp3) is 0.429. The van der Waals surface area contributed by atoms with E-state index in [1.54, 1.807) is 0 Å². The maximum atomic E-state index is 5.94. The van der Waals surface area contributed by atoms with Gasteiger partial charge in [0.2, 0.25) is 0 Å². The highest BCUT2D eigenvalue weighted by atomic mass is 35.5. The van der Waals surface area contributed by atoms with Gasteiger partial charge in [-0.05, 0) is 55.4 Å². The zero-order chi connectivity index (χ0) is 11.3. The predicted molar refractivity (Wildman–Crippen MR) is 69.1 cm³/mol. The molecule has 0 bridgehead atoms. The van der Waals surface area contributed by atoms with Crippen LogP contribution in [0.5, 0.6) is 0 Å². The summed E-state index contributed by atoms with van der Waals surface area (Å²) in [7, 11) is 0. The van der Waals surface area contributed by atoms with Crippen LogP contribution in [0.25, 0.3) is 0 Å². The highest BCUT2D eigenvalue weighted by Gasteiger charge is 2.12. The molecule has 1 aliphatic rings. The summed E-state index contributed by atoms with van der Waals surface area (Å²) in [6.45, 7) is 8.18. The molecule has 1 heteroatoms. The van der Waals surface area contributed by atoms with E-state index in [-0.39, 0.29) is 0 Å². The second-order valence-electron chi connectivity index (χ2n) is 3.94. The lowest BCUT2D eigenvalue weighted by molar-refractivity contribution is 0.786. The Morgan fingerprint density at radius 1 is 1.47 bits per heavy atom. The normalized spacial score (nSPS) is 19.1. The summed E-state index contributed by atoms with van der Waals surface area (Å²) < 4.78 is 0. The Morgan fingerprint density at radius 3 is 2.80 bits per heavy atom. The third-order valence-corrected chi connectivity index (χ3v) is 2.66. The average Bonchev–Trinajstić information content (AvgIpc) is 2.18. The van der Waals surface area contributed by atoms with Gasteiger partial charge in [-0.15, -0.1) is 0 Å². The standard InChI is InChI=1S/C14H19Cl/c1-4-5-8-13-9-6-7-11(2)14(13)10-12(3)15/h5,8,10H,2,4,6-7,9H2,1,3H3/b8-5+,12-10+. The Morgan fingerprint density at radius 2 is 2.20 bits per heavy atom. The highest BCUT2D eigenvalue weighted by molar-refractivity contribution is 6.29. The first-order valence-corrected chi connectivity index (χ1v) is 5.94. The molecule has 0 atom stereocenters. The van der Waals surface area contributed by atoms with Crippen molar-refractivity contribution in [1.82, 2.24) is 0 Å². The van der Waals surface area contributed by atoms with Crippen molar-refractivity contribution in [2.45, 2.75) is 39.5 Å². The van der Waals surface area contributed by atoms with Gasteiger partial charge >= 0.3 is 0 Å². The van der Waals surface area contributed by atoms with E-state index in [0.29, 0.717) is 0 Å². The van der Waals surface area contributed by atoms with Crippen molar-refractivity contribution in [2.24, 2.45) is 0 Å². The Labute approximate surface area is 98.0 Å². The van der Waals surface area contributed by atoms with Crippen LogP contribution < -0.4 is 0 Å². The smallest absolute Gasteiger partial charge is 0.0156 e. The lowest BCUT2D eigenvalue weighted by Gasteiger charge is -2.18. The van der Waals surface area contributed by atoms with E-state index in [2.05, 4.69) is 25.7 Å². The largest absolute Gasteiger partial charge is 0.0952 e. The molecule has 0 radical (unpaired) electrons. The fourth-order valence-electron chi connectivity index (χ4n) is 1.82. The second-order valence-corrected chi connectivity index (χ2v) is 4.53. The molecular weight excluding hydrogens is 204 g/mol. The van der Waals surface area contributed by atoms with Gasteiger partial charge < -0.3 is 0 Å². The van der Waals surface area contributed by atoms with Crippen molar-refractivity contribution in [1.29, 1.82) is 0 Å². The minimum atomic E-state index is 0.829. The van der Waals surface area contributed by atoms with Crippen LogP contribution in [-0.4, -0.2) is 0 Å². The van der Waals surface area contributed by atoms with E-state index >= 15 is 0 Å². The molecule has 1 rings (SSSR count). The van der Waals surface area contributed by atoms with Crippen molar-refractivity contribution in [3.05, 3.63) is 46.6 Å². The van der Waals surface area contributed by atoms with Crippen molar-refractivity contribution < 1.29 is 0 Å². The number of rotatable bonds is 3. The quantitative estimate of drug-likeness (QED) is 0.621. The number of hydrogen-bond acceptors (Lipinski definition) is 0. The van der Waals surface area contributed by atoms with Crippen molar-refractivity contribution in [3.8, 4) is 0 Å². The molecule has 0 amide bonds. The van der Waals surface area contributed by atoms with Crippen LogP contribution in [0.4, 0.5) is 0 Å². The van der Waals surface area contributed by atoms with Gasteiger partial charge in [0.25, 0.3) is 0 Å². The minimum absolute atomic E-state index is 0.829. The molecule has 15 heavy (non-hydrogen) atoms. The van der Waals surface area contributed by atoms with Gasteiger partial charge in [0, 0.05) is 5.03 Å². The van der Waals surface area contributed by atoms with Crippen molar-refractivity contribution in [3.63, 3.8) is 0 Å². The van der Waals surface area contributed by atoms with Crippen LogP contribution in [0.15, 0.2) is 46.6 Å². The van der Waals surface area contributed by atoms with Crippen LogP contribution in [0.1, 0.15) is 39.5 Å². The Kier molecular flexibility index (Phi) is 4.90. The lowest BCUT2D eigenvalue weighted by atomic mass is 9.87. The van der Waals surface area contributed by atoms with E-state index in [4.69, 9.17) is 11.6 Å². The van der Waals surface area contributed by atoms with E-state index < -0.39 is 0 Å². The first-order chi connectivity index (χ1) is 7.15. The van der Waals surface area contributed by atoms with Crippen LogP contribution in [-0.2, 0) is 0 Å². The van der Waals surface area contributed by atoms with Crippen molar-refractivity contribution in [2.75, 3.05) is 0 Å². The van der Waals surface area contributed by atoms with Gasteiger partial charge in [-0.25, -0.2) is 0 Å². The number of allylic oxidation sites excluding steroid dienone is 7. The molecule has 0 aliphatic heterocycles. The average molecular weight is 223 g/mol. The summed E-state index contributed by atoms with van der Waals surface area (Å²) in [5, 5.41) is 0.829. The summed E-state index contributed by atoms with van der Waals surface area (Å²) in [5.41, 5.74) is 3.85. The topological polar surface area (TPSA) is 0 Å². The molecular formula is C14H19Cl. The van der Waals surface area contributed by atoms with Crippen molar-refractivity contribution >= 4 is 11.6 Å². The molecule has 0 unspecified atom stereocenters. The molecule has 0 N–H and O–H groups in total. The molecule has 82 valence electrons. The Bertz CT molecular complexity index is 325. The molecule has 0 nitrogen and oxygen atoms in total. The van der Waals surface area contributed by atoms with E-state index in [1.165, 1.54) is 23.1 Å². The van der Waals surface area contributed by atoms with Gasteiger partial charge in [0.1, 0.15) is 0 Å². The zero-order valence-corrected chi connectivity index (χ0v) is 10.4. The maximum Gasteiger partial charge on any atom is 0.0156 e. The zero-order valence-electron chi connectivity index (χ0n) is 9.65. The molecule has 0 aromatic rings. The van der Waals surface area contributed by atoms with Gasteiger partial charge in [-0.1, -0.05) is 37.3 Å². The van der Waals surface area contributed by atoms with Gasteiger partial charge in [-0.3, -0.25) is 0 Å². The minimum Gasteiger partial charge on any atom is -0.0952 e. The number of halogens is 1. The van der Waals surface area contributed by atoms with E-state index in [9.17, 15) is 0 Å². The van der Waals surface area contributed by atoms with Crippen LogP contribution >= 0.6 is 11.6 Å². The second kappa shape index (κ2) is 5.97. The molecule has 0 aromatic heterocycles. The first-order valence-electron chi connectivity index (χ1n) is 5.56.